The van der Waals surface area contributed by atoms with Crippen LogP contribution >= 0.6 is 0 Å². The van der Waals surface area contributed by atoms with Crippen LogP contribution in [-0.2, 0) is 0 Å². The number of hydrogen-bond donors (Lipinski definition) is 1. The zero-order valence-corrected chi connectivity index (χ0v) is 10.1. The third-order valence-electron chi connectivity index (χ3n) is 3.67. The fourth-order valence-corrected chi connectivity index (χ4v) is 2.45. The van der Waals surface area contributed by atoms with E-state index < -0.39 is 12.7 Å². The van der Waals surface area contributed by atoms with Crippen LogP contribution in [0.2, 0.25) is 0 Å². The maximum atomic E-state index is 12.2. The number of piperidine rings is 1. The first-order valence-electron chi connectivity index (χ1n) is 6.55. The highest BCUT2D eigenvalue weighted by atomic mass is 19.4. The van der Waals surface area contributed by atoms with E-state index in [0.717, 1.165) is 25.3 Å². The van der Waals surface area contributed by atoms with Gasteiger partial charge in [-0.15, -0.1) is 0 Å². The largest absolute Gasteiger partial charge is 0.401 e. The average molecular weight is 250 g/mol. The van der Waals surface area contributed by atoms with Gasteiger partial charge in [0.1, 0.15) is 0 Å². The Morgan fingerprint density at radius 3 is 2.24 bits per heavy atom. The molecule has 0 aromatic carbocycles. The van der Waals surface area contributed by atoms with Crippen LogP contribution in [0.15, 0.2) is 0 Å². The van der Waals surface area contributed by atoms with Gasteiger partial charge in [0.05, 0.1) is 6.54 Å². The molecular weight excluding hydrogens is 229 g/mol. The lowest BCUT2D eigenvalue weighted by molar-refractivity contribution is -0.148. The monoisotopic (exact) mass is 250 g/mol. The summed E-state index contributed by atoms with van der Waals surface area (Å²) in [6.45, 7) is 1.43. The molecule has 1 heterocycles. The molecule has 1 saturated carbocycles. The third kappa shape index (κ3) is 5.25. The van der Waals surface area contributed by atoms with Gasteiger partial charge in [-0.05, 0) is 44.8 Å². The van der Waals surface area contributed by atoms with E-state index in [1.807, 2.05) is 0 Å². The molecule has 1 N–H and O–H groups in total. The van der Waals surface area contributed by atoms with Gasteiger partial charge in [-0.1, -0.05) is 12.8 Å². The fourth-order valence-electron chi connectivity index (χ4n) is 2.45. The number of nitrogens with one attached hydrogen (secondary N) is 1. The Morgan fingerprint density at radius 2 is 1.71 bits per heavy atom. The van der Waals surface area contributed by atoms with Crippen LogP contribution in [-0.4, -0.2) is 43.3 Å². The van der Waals surface area contributed by atoms with Crippen LogP contribution in [0.25, 0.3) is 0 Å². The predicted octanol–water partition coefficient (Wildman–Crippen LogP) is 2.40. The fraction of sp³-hybridized carbons (Fsp3) is 1.00. The standard InChI is InChI=1S/C12H21F3N2/c13-12(14,15)9-17-7-4-11(5-8-17)16-6-3-10-1-2-10/h10-11,16H,1-9H2. The highest BCUT2D eigenvalue weighted by Crippen LogP contribution is 2.31. The predicted molar refractivity (Wildman–Crippen MR) is 60.9 cm³/mol. The summed E-state index contributed by atoms with van der Waals surface area (Å²) in [7, 11) is 0. The normalized spacial score (nSPS) is 24.2. The summed E-state index contributed by atoms with van der Waals surface area (Å²) in [6.07, 6.45) is 1.62. The highest BCUT2D eigenvalue weighted by Gasteiger charge is 2.32. The highest BCUT2D eigenvalue weighted by molar-refractivity contribution is 4.80. The van der Waals surface area contributed by atoms with Crippen molar-refractivity contribution in [3.63, 3.8) is 0 Å². The molecule has 0 radical (unpaired) electrons. The summed E-state index contributed by atoms with van der Waals surface area (Å²) in [5, 5.41) is 3.47. The molecule has 0 aromatic heterocycles. The Balaban J connectivity index is 1.56. The van der Waals surface area contributed by atoms with E-state index in [9.17, 15) is 13.2 Å². The molecule has 0 spiro atoms. The van der Waals surface area contributed by atoms with Gasteiger partial charge in [0.15, 0.2) is 0 Å². The van der Waals surface area contributed by atoms with E-state index in [1.54, 1.807) is 0 Å². The van der Waals surface area contributed by atoms with Crippen molar-refractivity contribution in [2.45, 2.75) is 44.3 Å². The second-order valence-corrected chi connectivity index (χ2v) is 5.35. The molecule has 1 aliphatic carbocycles. The number of hydrogen-bond acceptors (Lipinski definition) is 2. The molecular formula is C12H21F3N2. The lowest BCUT2D eigenvalue weighted by Gasteiger charge is -2.32. The minimum Gasteiger partial charge on any atom is -0.314 e. The molecule has 2 nitrogen and oxygen atoms in total. The second-order valence-electron chi connectivity index (χ2n) is 5.35. The zero-order chi connectivity index (χ0) is 12.3. The van der Waals surface area contributed by atoms with Crippen LogP contribution in [0.4, 0.5) is 13.2 Å². The lowest BCUT2D eigenvalue weighted by atomic mass is 10.0. The summed E-state index contributed by atoms with van der Waals surface area (Å²) in [5.74, 6) is 0.924. The van der Waals surface area contributed by atoms with Gasteiger partial charge >= 0.3 is 6.18 Å². The minimum atomic E-state index is -4.05. The van der Waals surface area contributed by atoms with Crippen molar-refractivity contribution in [2.24, 2.45) is 5.92 Å². The Bertz CT molecular complexity index is 230. The molecule has 0 amide bonds. The summed E-state index contributed by atoms with van der Waals surface area (Å²) in [5.41, 5.74) is 0. The summed E-state index contributed by atoms with van der Waals surface area (Å²) >= 11 is 0. The number of halogens is 3. The first kappa shape index (κ1) is 13.1. The molecule has 2 aliphatic rings. The Hall–Kier alpha value is -0.290. The Kier molecular flexibility index (Phi) is 4.31. The first-order chi connectivity index (χ1) is 8.03. The molecule has 2 rings (SSSR count). The topological polar surface area (TPSA) is 15.3 Å². The molecule has 0 bridgehead atoms. The molecule has 1 saturated heterocycles. The molecule has 0 atom stereocenters. The molecule has 1 aliphatic heterocycles. The summed E-state index contributed by atoms with van der Waals surface area (Å²) in [6, 6.07) is 0.429. The van der Waals surface area contributed by atoms with Crippen molar-refractivity contribution in [3.05, 3.63) is 0 Å². The minimum absolute atomic E-state index is 0.429. The molecule has 0 unspecified atom stereocenters. The van der Waals surface area contributed by atoms with Gasteiger partial charge in [-0.3, -0.25) is 4.90 Å². The first-order valence-corrected chi connectivity index (χ1v) is 6.55. The number of rotatable bonds is 5. The lowest BCUT2D eigenvalue weighted by Crippen LogP contribution is -2.45. The van der Waals surface area contributed by atoms with E-state index in [4.69, 9.17) is 0 Å². The quantitative estimate of drug-likeness (QED) is 0.806. The maximum absolute atomic E-state index is 12.2. The summed E-state index contributed by atoms with van der Waals surface area (Å²) in [4.78, 5) is 1.51. The maximum Gasteiger partial charge on any atom is 0.401 e. The van der Waals surface area contributed by atoms with Crippen molar-refractivity contribution in [1.29, 1.82) is 0 Å². The number of nitrogens with zero attached hydrogens (tertiary/aromatic N) is 1. The van der Waals surface area contributed by atoms with Gasteiger partial charge in [0, 0.05) is 6.04 Å². The number of likely N-dealkylation sites (tertiary alicyclic amines) is 1. The van der Waals surface area contributed by atoms with Crippen LogP contribution in [0.5, 0.6) is 0 Å². The van der Waals surface area contributed by atoms with Crippen molar-refractivity contribution >= 4 is 0 Å². The zero-order valence-electron chi connectivity index (χ0n) is 10.1. The van der Waals surface area contributed by atoms with Crippen LogP contribution in [0.3, 0.4) is 0 Å². The van der Waals surface area contributed by atoms with E-state index in [-0.39, 0.29) is 0 Å². The van der Waals surface area contributed by atoms with E-state index in [0.29, 0.717) is 19.1 Å². The van der Waals surface area contributed by atoms with Crippen LogP contribution in [0, 0.1) is 5.92 Å². The van der Waals surface area contributed by atoms with Crippen molar-refractivity contribution in [3.8, 4) is 0 Å². The van der Waals surface area contributed by atoms with Crippen LogP contribution in [0.1, 0.15) is 32.1 Å². The van der Waals surface area contributed by atoms with Crippen molar-refractivity contribution < 1.29 is 13.2 Å². The van der Waals surface area contributed by atoms with Gasteiger partial charge in [-0.25, -0.2) is 0 Å². The number of alkyl halides is 3. The SMILES string of the molecule is FC(F)(F)CN1CCC(NCCC2CC2)CC1. The summed E-state index contributed by atoms with van der Waals surface area (Å²) < 4.78 is 36.5. The van der Waals surface area contributed by atoms with Gasteiger partial charge in [0.25, 0.3) is 0 Å². The van der Waals surface area contributed by atoms with E-state index in [1.165, 1.54) is 24.2 Å². The second kappa shape index (κ2) is 5.57. The molecule has 17 heavy (non-hydrogen) atoms. The molecule has 100 valence electrons. The Labute approximate surface area is 101 Å². The Morgan fingerprint density at radius 1 is 1.06 bits per heavy atom. The average Bonchev–Trinajstić information content (AvgIpc) is 3.02. The van der Waals surface area contributed by atoms with Crippen molar-refractivity contribution in [1.82, 2.24) is 10.2 Å². The smallest absolute Gasteiger partial charge is 0.314 e. The third-order valence-corrected chi connectivity index (χ3v) is 3.67. The van der Waals surface area contributed by atoms with E-state index in [2.05, 4.69) is 5.32 Å². The van der Waals surface area contributed by atoms with E-state index >= 15 is 0 Å². The molecule has 0 aromatic rings. The van der Waals surface area contributed by atoms with Gasteiger partial charge in [-0.2, -0.15) is 13.2 Å². The molecule has 2 fully saturated rings. The molecule has 5 heteroatoms. The van der Waals surface area contributed by atoms with Gasteiger partial charge < -0.3 is 5.32 Å². The van der Waals surface area contributed by atoms with Crippen molar-refractivity contribution in [2.75, 3.05) is 26.2 Å². The van der Waals surface area contributed by atoms with Crippen LogP contribution < -0.4 is 5.32 Å². The van der Waals surface area contributed by atoms with Gasteiger partial charge in [0.2, 0.25) is 0 Å².